The lowest BCUT2D eigenvalue weighted by molar-refractivity contribution is -0.156. The van der Waals surface area contributed by atoms with Crippen LogP contribution < -0.4 is 10.6 Å². The Morgan fingerprint density at radius 3 is 1.39 bits per heavy atom. The van der Waals surface area contributed by atoms with Crippen LogP contribution in [-0.4, -0.2) is 135 Å². The van der Waals surface area contributed by atoms with Gasteiger partial charge in [-0.05, 0) is 47.5 Å². The molecule has 4 amide bonds. The zero-order chi connectivity index (χ0) is 42.1. The Labute approximate surface area is 328 Å². The maximum Gasteiger partial charge on any atom is 0.411 e. The van der Waals surface area contributed by atoms with Crippen molar-refractivity contribution in [3.63, 3.8) is 0 Å². The highest BCUT2D eigenvalue weighted by atomic mass is 16.6. The number of esters is 4. The van der Waals surface area contributed by atoms with Crippen LogP contribution in [0.5, 0.6) is 0 Å². The van der Waals surface area contributed by atoms with Crippen molar-refractivity contribution in [2.45, 2.75) is 129 Å². The molecule has 4 aliphatic rings. The molecule has 56 heavy (non-hydrogen) atoms. The molecule has 2 saturated heterocycles. The monoisotopic (exact) mass is 796 g/mol. The van der Waals surface area contributed by atoms with Crippen LogP contribution >= 0.6 is 0 Å². The van der Waals surface area contributed by atoms with Gasteiger partial charge >= 0.3 is 30.0 Å². The standard InChI is InChI=1S/C18H28N2O6.C15H22N2O5.C4H6O3.CH4/c1-6-11-9-18(11,15(23)25-7-2)19-14(22)13-8-12(21)10-20(13)16(24)26-17(3,4)5;1-4-10-7-15(10,14(21)22-5-2)16-13(20)12-6-11(19)8-17(12)9(3)18;1-3(5)7-4(2)6;/h6,11-13,21H,1,7-10H2,2-5H3,(H,19,22);4,10-12,19H,1,5-8H2,2-3H3,(H,16,20);1-2H3;1H4/t11?,12-,13+,18-;10-,11-,12+,15-;;/m11../s1. The van der Waals surface area contributed by atoms with E-state index in [-0.39, 0.29) is 64.3 Å². The third-order valence-electron chi connectivity index (χ3n) is 9.05. The number of carbonyl (C=O) groups is 8. The Balaban J connectivity index is 0.000000476. The van der Waals surface area contributed by atoms with Crippen molar-refractivity contribution in [1.29, 1.82) is 0 Å². The first-order valence-corrected chi connectivity index (χ1v) is 18.1. The van der Waals surface area contributed by atoms with Crippen molar-refractivity contribution in [3.8, 4) is 0 Å². The summed E-state index contributed by atoms with van der Waals surface area (Å²) in [5.41, 5.74) is -2.94. The van der Waals surface area contributed by atoms with Crippen molar-refractivity contribution in [1.82, 2.24) is 20.4 Å². The molecule has 1 unspecified atom stereocenters. The molecular formula is C38H60N4O14. The van der Waals surface area contributed by atoms with Crippen LogP contribution in [0.1, 0.15) is 88.5 Å². The summed E-state index contributed by atoms with van der Waals surface area (Å²) in [7, 11) is 0. The van der Waals surface area contributed by atoms with Gasteiger partial charge in [-0.2, -0.15) is 0 Å². The van der Waals surface area contributed by atoms with Gasteiger partial charge in [0.05, 0.1) is 32.0 Å². The van der Waals surface area contributed by atoms with E-state index >= 15 is 0 Å². The molecule has 0 bridgehead atoms. The number of amides is 4. The van der Waals surface area contributed by atoms with Gasteiger partial charge in [0.1, 0.15) is 28.8 Å². The average Bonchev–Trinajstić information content (AvgIpc) is 3.86. The zero-order valence-corrected chi connectivity index (χ0v) is 32.9. The van der Waals surface area contributed by atoms with E-state index in [2.05, 4.69) is 28.5 Å². The Bertz CT molecular complexity index is 1500. The highest BCUT2D eigenvalue weighted by Crippen LogP contribution is 2.46. The lowest BCUT2D eigenvalue weighted by Crippen LogP contribution is -2.53. The van der Waals surface area contributed by atoms with Crippen LogP contribution in [0.3, 0.4) is 0 Å². The lowest BCUT2D eigenvalue weighted by Gasteiger charge is -2.29. The number of β-amino-alcohol motifs (C(OH)–C–C–N with tert-alkyl or cyclic N) is 2. The minimum absolute atomic E-state index is 0. The first kappa shape index (κ1) is 49.2. The van der Waals surface area contributed by atoms with E-state index in [1.54, 1.807) is 46.8 Å². The number of rotatable bonds is 10. The van der Waals surface area contributed by atoms with E-state index in [0.29, 0.717) is 12.8 Å². The van der Waals surface area contributed by atoms with Crippen molar-refractivity contribution >= 4 is 47.7 Å². The second kappa shape index (κ2) is 20.4. The van der Waals surface area contributed by atoms with Gasteiger partial charge < -0.3 is 44.7 Å². The van der Waals surface area contributed by atoms with Crippen LogP contribution in [0.15, 0.2) is 25.3 Å². The molecule has 2 saturated carbocycles. The van der Waals surface area contributed by atoms with E-state index < -0.39 is 82.8 Å². The van der Waals surface area contributed by atoms with Crippen LogP contribution in [0.4, 0.5) is 4.79 Å². The molecule has 316 valence electrons. The fourth-order valence-electron chi connectivity index (χ4n) is 6.33. The van der Waals surface area contributed by atoms with Gasteiger partial charge in [-0.15, -0.1) is 13.2 Å². The maximum atomic E-state index is 12.8. The molecule has 0 radical (unpaired) electrons. The quantitative estimate of drug-likeness (QED) is 0.105. The highest BCUT2D eigenvalue weighted by molar-refractivity contribution is 5.96. The van der Waals surface area contributed by atoms with Gasteiger partial charge in [-0.25, -0.2) is 14.4 Å². The van der Waals surface area contributed by atoms with E-state index in [9.17, 15) is 48.6 Å². The molecule has 2 aliphatic carbocycles. The first-order valence-electron chi connectivity index (χ1n) is 18.1. The SMILES string of the molecule is C.C=CC1C[C@]1(NC(=O)[C@@H]1C[C@@H](O)CN1C(=O)OC(C)(C)C)C(=O)OCC.C=C[C@@H]1C[C@]1(NC(=O)[C@@H]1C[C@@H](O)CN1C(C)=O)C(=O)OCC.CC(=O)OC(C)=O. The molecule has 8 atom stereocenters. The highest BCUT2D eigenvalue weighted by Gasteiger charge is 2.63. The molecule has 0 spiro atoms. The third kappa shape index (κ3) is 12.9. The molecule has 0 aromatic heterocycles. The zero-order valence-electron chi connectivity index (χ0n) is 32.9. The number of ether oxygens (including phenoxy) is 4. The summed E-state index contributed by atoms with van der Waals surface area (Å²) in [6.07, 6.45) is 2.09. The van der Waals surface area contributed by atoms with Gasteiger partial charge in [0.15, 0.2) is 0 Å². The largest absolute Gasteiger partial charge is 0.464 e. The minimum atomic E-state index is -1.14. The first-order chi connectivity index (χ1) is 25.5. The van der Waals surface area contributed by atoms with Gasteiger partial charge in [0, 0.05) is 52.0 Å². The number of nitrogens with one attached hydrogen (secondary N) is 2. The summed E-state index contributed by atoms with van der Waals surface area (Å²) in [4.78, 5) is 95.7. The summed E-state index contributed by atoms with van der Waals surface area (Å²) < 4.78 is 19.4. The normalized spacial score (nSPS) is 28.2. The lowest BCUT2D eigenvalue weighted by atomic mass is 10.1. The van der Waals surface area contributed by atoms with E-state index in [1.807, 2.05) is 0 Å². The summed E-state index contributed by atoms with van der Waals surface area (Å²) >= 11 is 0. The van der Waals surface area contributed by atoms with Crippen LogP contribution in [0.25, 0.3) is 0 Å². The molecule has 0 aromatic carbocycles. The van der Waals surface area contributed by atoms with Crippen LogP contribution in [0.2, 0.25) is 0 Å². The smallest absolute Gasteiger partial charge is 0.411 e. The van der Waals surface area contributed by atoms with Gasteiger partial charge in [-0.1, -0.05) is 19.6 Å². The van der Waals surface area contributed by atoms with Crippen molar-refractivity contribution < 1.29 is 67.5 Å². The van der Waals surface area contributed by atoms with Gasteiger partial charge in [0.25, 0.3) is 0 Å². The van der Waals surface area contributed by atoms with E-state index in [1.165, 1.54) is 30.6 Å². The summed E-state index contributed by atoms with van der Waals surface area (Å²) in [5, 5.41) is 25.1. The van der Waals surface area contributed by atoms with Crippen molar-refractivity contribution in [3.05, 3.63) is 25.3 Å². The molecular weight excluding hydrogens is 736 g/mol. The molecule has 18 nitrogen and oxygen atoms in total. The summed E-state index contributed by atoms with van der Waals surface area (Å²) in [6.45, 7) is 20.2. The Hall–Kier alpha value is -4.84. The molecule has 18 heteroatoms. The second-order valence-electron chi connectivity index (χ2n) is 14.7. The molecule has 0 aromatic rings. The Morgan fingerprint density at radius 1 is 0.732 bits per heavy atom. The van der Waals surface area contributed by atoms with Crippen molar-refractivity contribution in [2.75, 3.05) is 26.3 Å². The summed E-state index contributed by atoms with van der Waals surface area (Å²) in [5.74, 6) is -3.74. The average molecular weight is 797 g/mol. The number of hydrogen-bond donors (Lipinski definition) is 4. The van der Waals surface area contributed by atoms with Gasteiger partial charge in [-0.3, -0.25) is 28.9 Å². The second-order valence-corrected chi connectivity index (χ2v) is 14.7. The van der Waals surface area contributed by atoms with Gasteiger partial charge in [0.2, 0.25) is 17.7 Å². The predicted octanol–water partition coefficient (Wildman–Crippen LogP) is 1.30. The number of aliphatic hydroxyl groups is 2. The Kier molecular flexibility index (Phi) is 17.9. The molecule has 2 aliphatic heterocycles. The topological polar surface area (TPSA) is 244 Å². The minimum Gasteiger partial charge on any atom is -0.464 e. The maximum absolute atomic E-state index is 12.8. The Morgan fingerprint density at radius 2 is 1.11 bits per heavy atom. The van der Waals surface area contributed by atoms with Crippen molar-refractivity contribution in [2.24, 2.45) is 11.8 Å². The predicted molar refractivity (Wildman–Crippen MR) is 200 cm³/mol. The van der Waals surface area contributed by atoms with E-state index in [0.717, 1.165) is 0 Å². The van der Waals surface area contributed by atoms with Crippen LogP contribution in [0, 0.1) is 11.8 Å². The fourth-order valence-corrected chi connectivity index (χ4v) is 6.33. The number of carbonyl (C=O) groups excluding carboxylic acids is 8. The molecule has 4 fully saturated rings. The van der Waals surface area contributed by atoms with E-state index in [4.69, 9.17) is 14.2 Å². The molecule has 4 rings (SSSR count). The summed E-state index contributed by atoms with van der Waals surface area (Å²) in [6, 6.07) is -1.66. The number of likely N-dealkylation sites (tertiary alicyclic amines) is 2. The fraction of sp³-hybridized carbons (Fsp3) is 0.684. The molecule has 4 N–H and O–H groups in total. The number of nitrogens with zero attached hydrogens (tertiary/aromatic N) is 2. The number of aliphatic hydroxyl groups excluding tert-OH is 2. The third-order valence-corrected chi connectivity index (χ3v) is 9.05. The molecule has 2 heterocycles. The van der Waals surface area contributed by atoms with Crippen LogP contribution in [-0.2, 0) is 52.5 Å². The number of hydrogen-bond acceptors (Lipinski definition) is 14.